The van der Waals surface area contributed by atoms with E-state index >= 15 is 0 Å². The predicted octanol–water partition coefficient (Wildman–Crippen LogP) is 2.45. The van der Waals surface area contributed by atoms with Crippen LogP contribution in [0.3, 0.4) is 0 Å². The van der Waals surface area contributed by atoms with E-state index < -0.39 is 6.04 Å². The summed E-state index contributed by atoms with van der Waals surface area (Å²) < 4.78 is 14.1. The highest BCUT2D eigenvalue weighted by Gasteiger charge is 2.35. The molecule has 164 valence electrons. The number of hydrogen-bond donors (Lipinski definition) is 2. The minimum Gasteiger partial charge on any atom is -0.373 e. The van der Waals surface area contributed by atoms with E-state index in [-0.39, 0.29) is 29.7 Å². The van der Waals surface area contributed by atoms with E-state index in [4.69, 9.17) is 0 Å². The molecule has 1 aliphatic carbocycles. The molecule has 4 atom stereocenters. The molecule has 0 bridgehead atoms. The van der Waals surface area contributed by atoms with Crippen molar-refractivity contribution < 1.29 is 14.0 Å². The van der Waals surface area contributed by atoms with Gasteiger partial charge in [-0.05, 0) is 51.2 Å². The second kappa shape index (κ2) is 8.53. The zero-order chi connectivity index (χ0) is 21.4. The largest absolute Gasteiger partial charge is 0.373 e. The highest BCUT2D eigenvalue weighted by atomic mass is 19.1. The Morgan fingerprint density at radius 3 is 2.73 bits per heavy atom. The molecular formula is C23H33FN4O2. The van der Waals surface area contributed by atoms with Gasteiger partial charge in [0.05, 0.1) is 0 Å². The number of aryl methyl sites for hydroxylation is 1. The lowest BCUT2D eigenvalue weighted by Gasteiger charge is -2.45. The van der Waals surface area contributed by atoms with Crippen LogP contribution >= 0.6 is 0 Å². The second-order valence-corrected chi connectivity index (χ2v) is 9.20. The monoisotopic (exact) mass is 416 g/mol. The predicted molar refractivity (Wildman–Crippen MR) is 115 cm³/mol. The Kier molecular flexibility index (Phi) is 6.00. The molecule has 3 unspecified atom stereocenters. The number of anilines is 1. The number of piperazine rings is 1. The Hall–Kier alpha value is -2.15. The number of rotatable bonds is 3. The maximum atomic E-state index is 14.1. The van der Waals surface area contributed by atoms with E-state index in [9.17, 15) is 14.0 Å². The molecular weight excluding hydrogens is 383 g/mol. The lowest BCUT2D eigenvalue weighted by atomic mass is 9.89. The molecule has 30 heavy (non-hydrogen) atoms. The molecule has 2 aliphatic heterocycles. The van der Waals surface area contributed by atoms with E-state index in [1.54, 1.807) is 13.0 Å². The van der Waals surface area contributed by atoms with Gasteiger partial charge in [0.25, 0.3) is 0 Å². The minimum atomic E-state index is -0.407. The molecule has 4 rings (SSSR count). The molecule has 1 aromatic rings. The first-order valence-corrected chi connectivity index (χ1v) is 11.2. The van der Waals surface area contributed by atoms with Gasteiger partial charge in [0.1, 0.15) is 11.9 Å². The highest BCUT2D eigenvalue weighted by molar-refractivity contribution is 5.88. The summed E-state index contributed by atoms with van der Waals surface area (Å²) in [5.41, 5.74) is 2.36. The van der Waals surface area contributed by atoms with Gasteiger partial charge >= 0.3 is 0 Å². The van der Waals surface area contributed by atoms with E-state index in [1.165, 1.54) is 6.07 Å². The van der Waals surface area contributed by atoms with Crippen LogP contribution in [0.5, 0.6) is 0 Å². The third-order valence-corrected chi connectivity index (χ3v) is 7.08. The van der Waals surface area contributed by atoms with E-state index in [0.717, 1.165) is 56.6 Å². The molecule has 2 amide bonds. The summed E-state index contributed by atoms with van der Waals surface area (Å²) in [6.45, 7) is 8.25. The molecule has 1 aromatic carbocycles. The number of halogens is 1. The Balaban J connectivity index is 1.33. The standard InChI is InChI=1S/C23H33FN4O2/c1-14-7-8-20(24)19-12-21(26-22(14)19)23(30)25-17-5-4-6-18(11-17)27-9-10-28(16(3)29)15(2)13-27/h7-8,15,17-18,21,26H,4-6,9-13H2,1-3H3,(H,25,30)/t15?,17-,18?,21?/m1/s1. The summed E-state index contributed by atoms with van der Waals surface area (Å²) in [5, 5.41) is 6.46. The van der Waals surface area contributed by atoms with Crippen LogP contribution < -0.4 is 10.6 Å². The fourth-order valence-corrected chi connectivity index (χ4v) is 5.44. The number of hydrogen-bond acceptors (Lipinski definition) is 4. The summed E-state index contributed by atoms with van der Waals surface area (Å²) in [6, 6.07) is 3.64. The summed E-state index contributed by atoms with van der Waals surface area (Å²) in [6.07, 6.45) is 4.54. The van der Waals surface area contributed by atoms with Gasteiger partial charge in [-0.3, -0.25) is 14.5 Å². The number of nitrogens with zero attached hydrogens (tertiary/aromatic N) is 2. The molecule has 3 aliphatic rings. The Morgan fingerprint density at radius 1 is 1.23 bits per heavy atom. The number of carbonyl (C=O) groups excluding carboxylic acids is 2. The van der Waals surface area contributed by atoms with Crippen molar-refractivity contribution in [1.29, 1.82) is 0 Å². The molecule has 7 heteroatoms. The molecule has 6 nitrogen and oxygen atoms in total. The quantitative estimate of drug-likeness (QED) is 0.795. The first kappa shape index (κ1) is 21.1. The molecule has 2 N–H and O–H groups in total. The normalized spacial score (nSPS) is 29.3. The summed E-state index contributed by atoms with van der Waals surface area (Å²) in [7, 11) is 0. The van der Waals surface area contributed by atoms with Crippen molar-refractivity contribution in [2.75, 3.05) is 25.0 Å². The van der Waals surface area contributed by atoms with Crippen LogP contribution in [0.2, 0.25) is 0 Å². The number of benzene rings is 1. The summed E-state index contributed by atoms with van der Waals surface area (Å²) in [4.78, 5) is 29.1. The first-order chi connectivity index (χ1) is 14.3. The molecule has 2 fully saturated rings. The number of nitrogens with one attached hydrogen (secondary N) is 2. The molecule has 2 heterocycles. The molecule has 1 saturated heterocycles. The van der Waals surface area contributed by atoms with Crippen LogP contribution in [0.15, 0.2) is 12.1 Å². The topological polar surface area (TPSA) is 64.7 Å². The SMILES string of the molecule is CC(=O)N1CCN(C2CCC[C@@H](NC(=O)C3Cc4c(F)ccc(C)c4N3)C2)CC1C. The number of fused-ring (bicyclic) bond motifs is 1. The van der Waals surface area contributed by atoms with E-state index in [1.807, 2.05) is 11.8 Å². The lowest BCUT2D eigenvalue weighted by Crippen LogP contribution is -2.58. The van der Waals surface area contributed by atoms with Crippen molar-refractivity contribution in [3.8, 4) is 0 Å². The van der Waals surface area contributed by atoms with Gasteiger partial charge in [0.2, 0.25) is 11.8 Å². The van der Waals surface area contributed by atoms with Crippen LogP contribution in [0.1, 0.15) is 50.7 Å². The molecule has 0 radical (unpaired) electrons. The van der Waals surface area contributed by atoms with Crippen LogP contribution in [0.25, 0.3) is 0 Å². The zero-order valence-corrected chi connectivity index (χ0v) is 18.2. The van der Waals surface area contributed by atoms with Gasteiger partial charge in [0.15, 0.2) is 0 Å². The first-order valence-electron chi connectivity index (χ1n) is 11.2. The van der Waals surface area contributed by atoms with Crippen molar-refractivity contribution in [1.82, 2.24) is 15.1 Å². The fraction of sp³-hybridized carbons (Fsp3) is 0.652. The Bertz CT molecular complexity index is 799. The van der Waals surface area contributed by atoms with E-state index in [0.29, 0.717) is 18.0 Å². The maximum absolute atomic E-state index is 14.1. The van der Waals surface area contributed by atoms with Crippen LogP contribution in [-0.2, 0) is 16.0 Å². The summed E-state index contributed by atoms with van der Waals surface area (Å²) >= 11 is 0. The molecule has 1 saturated carbocycles. The van der Waals surface area contributed by atoms with Gasteiger partial charge in [0, 0.05) is 62.4 Å². The van der Waals surface area contributed by atoms with Gasteiger partial charge in [-0.2, -0.15) is 0 Å². The van der Waals surface area contributed by atoms with Crippen molar-refractivity contribution >= 4 is 17.5 Å². The average molecular weight is 417 g/mol. The Labute approximate surface area is 178 Å². The van der Waals surface area contributed by atoms with Gasteiger partial charge < -0.3 is 15.5 Å². The minimum absolute atomic E-state index is 0.0367. The average Bonchev–Trinajstić information content (AvgIpc) is 3.18. The maximum Gasteiger partial charge on any atom is 0.243 e. The third kappa shape index (κ3) is 4.17. The van der Waals surface area contributed by atoms with Crippen molar-refractivity contribution in [3.05, 3.63) is 29.1 Å². The smallest absolute Gasteiger partial charge is 0.243 e. The Morgan fingerprint density at radius 2 is 2.03 bits per heavy atom. The third-order valence-electron chi connectivity index (χ3n) is 7.08. The van der Waals surface area contributed by atoms with Crippen LogP contribution in [-0.4, -0.2) is 65.4 Å². The molecule has 0 aromatic heterocycles. The second-order valence-electron chi connectivity index (χ2n) is 9.20. The van der Waals surface area contributed by atoms with Gasteiger partial charge in [-0.1, -0.05) is 6.07 Å². The van der Waals surface area contributed by atoms with Crippen LogP contribution in [0, 0.1) is 12.7 Å². The zero-order valence-electron chi connectivity index (χ0n) is 18.2. The van der Waals surface area contributed by atoms with Crippen molar-refractivity contribution in [2.45, 2.75) is 77.0 Å². The van der Waals surface area contributed by atoms with Crippen molar-refractivity contribution in [3.63, 3.8) is 0 Å². The molecule has 0 spiro atoms. The highest BCUT2D eigenvalue weighted by Crippen LogP contribution is 2.32. The lowest BCUT2D eigenvalue weighted by molar-refractivity contribution is -0.134. The fourth-order valence-electron chi connectivity index (χ4n) is 5.44. The van der Waals surface area contributed by atoms with Crippen LogP contribution in [0.4, 0.5) is 10.1 Å². The van der Waals surface area contributed by atoms with Gasteiger partial charge in [-0.15, -0.1) is 0 Å². The number of carbonyl (C=O) groups is 2. The summed E-state index contributed by atoms with van der Waals surface area (Å²) in [5.74, 6) is -0.131. The number of amides is 2. The van der Waals surface area contributed by atoms with E-state index in [2.05, 4.69) is 22.5 Å². The van der Waals surface area contributed by atoms with Gasteiger partial charge in [-0.25, -0.2) is 4.39 Å². The van der Waals surface area contributed by atoms with Crippen molar-refractivity contribution in [2.24, 2.45) is 0 Å².